The van der Waals surface area contributed by atoms with Crippen LogP contribution in [0.5, 0.6) is 11.5 Å². The molecule has 12 heteroatoms. The molecule has 2 amide bonds. The predicted molar refractivity (Wildman–Crippen MR) is 146 cm³/mol. The minimum absolute atomic E-state index is 0.0834. The number of furan rings is 1. The Balaban J connectivity index is 1.55. The van der Waals surface area contributed by atoms with Crippen LogP contribution in [0, 0.1) is 0 Å². The molecule has 216 valence electrons. The Labute approximate surface area is 233 Å². The molecule has 1 aromatic carbocycles. The second-order valence-electron chi connectivity index (χ2n) is 9.61. The molecule has 1 saturated carbocycles. The maximum atomic E-state index is 13.7. The van der Waals surface area contributed by atoms with Crippen LogP contribution in [0.4, 0.5) is 0 Å². The van der Waals surface area contributed by atoms with Gasteiger partial charge in [-0.05, 0) is 61.7 Å². The molecule has 0 bridgehead atoms. The van der Waals surface area contributed by atoms with Crippen LogP contribution in [0.2, 0.25) is 0 Å². The zero-order valence-corrected chi connectivity index (χ0v) is 23.4. The number of benzene rings is 1. The Morgan fingerprint density at radius 1 is 1.15 bits per heavy atom. The molecule has 12 nitrogen and oxygen atoms in total. The van der Waals surface area contributed by atoms with E-state index >= 15 is 0 Å². The van der Waals surface area contributed by atoms with Crippen molar-refractivity contribution < 1.29 is 28.2 Å². The summed E-state index contributed by atoms with van der Waals surface area (Å²) < 4.78 is 21.8. The van der Waals surface area contributed by atoms with Crippen LogP contribution in [0.1, 0.15) is 57.3 Å². The largest absolute Gasteiger partial charge is 0.493 e. The van der Waals surface area contributed by atoms with Gasteiger partial charge in [-0.2, -0.15) is 4.80 Å². The zero-order valence-electron chi connectivity index (χ0n) is 23.4. The number of amides is 2. The maximum absolute atomic E-state index is 13.7. The van der Waals surface area contributed by atoms with Crippen molar-refractivity contribution in [3.8, 4) is 22.9 Å². The summed E-state index contributed by atoms with van der Waals surface area (Å²) >= 11 is 0. The van der Waals surface area contributed by atoms with Gasteiger partial charge < -0.3 is 28.8 Å². The van der Waals surface area contributed by atoms with E-state index in [-0.39, 0.29) is 24.4 Å². The van der Waals surface area contributed by atoms with E-state index in [0.717, 1.165) is 25.7 Å². The van der Waals surface area contributed by atoms with Crippen molar-refractivity contribution in [2.24, 2.45) is 0 Å². The molecule has 40 heavy (non-hydrogen) atoms. The average molecular weight is 555 g/mol. The minimum atomic E-state index is -0.931. The first kappa shape index (κ1) is 29.1. The van der Waals surface area contributed by atoms with E-state index in [2.05, 4.69) is 20.7 Å². The highest BCUT2D eigenvalue weighted by atomic mass is 16.5. The fourth-order valence-corrected chi connectivity index (χ4v) is 4.89. The van der Waals surface area contributed by atoms with Gasteiger partial charge in [-0.1, -0.05) is 19.3 Å². The summed E-state index contributed by atoms with van der Waals surface area (Å²) in [5, 5.41) is 15.8. The van der Waals surface area contributed by atoms with Gasteiger partial charge in [0.1, 0.15) is 12.3 Å². The first-order valence-corrected chi connectivity index (χ1v) is 13.7. The Bertz CT molecular complexity index is 1220. The monoisotopic (exact) mass is 554 g/mol. The van der Waals surface area contributed by atoms with Crippen molar-refractivity contribution in [1.82, 2.24) is 30.4 Å². The van der Waals surface area contributed by atoms with E-state index in [9.17, 15) is 9.59 Å². The summed E-state index contributed by atoms with van der Waals surface area (Å²) in [6.45, 7) is 3.03. The summed E-state index contributed by atoms with van der Waals surface area (Å²) in [6.07, 6.45) is 7.24. The number of nitrogens with zero attached hydrogens (tertiary/aromatic N) is 5. The first-order chi connectivity index (χ1) is 19.5. The highest BCUT2D eigenvalue weighted by molar-refractivity contribution is 5.88. The molecule has 2 aromatic heterocycles. The van der Waals surface area contributed by atoms with Crippen molar-refractivity contribution in [3.63, 3.8) is 0 Å². The quantitative estimate of drug-likeness (QED) is 0.298. The lowest BCUT2D eigenvalue weighted by Gasteiger charge is -2.32. The van der Waals surface area contributed by atoms with Crippen molar-refractivity contribution in [2.75, 3.05) is 34.0 Å². The van der Waals surface area contributed by atoms with E-state index in [0.29, 0.717) is 54.8 Å². The highest BCUT2D eigenvalue weighted by Gasteiger charge is 2.35. The van der Waals surface area contributed by atoms with Crippen molar-refractivity contribution in [1.29, 1.82) is 0 Å². The Morgan fingerprint density at radius 3 is 2.65 bits per heavy atom. The third-order valence-corrected chi connectivity index (χ3v) is 6.91. The van der Waals surface area contributed by atoms with Crippen LogP contribution < -0.4 is 14.8 Å². The van der Waals surface area contributed by atoms with E-state index in [1.54, 1.807) is 44.6 Å². The van der Waals surface area contributed by atoms with Gasteiger partial charge in [0.15, 0.2) is 17.5 Å². The fourth-order valence-electron chi connectivity index (χ4n) is 4.89. The molecule has 1 atom stereocenters. The molecule has 1 N–H and O–H groups in total. The molecule has 1 aliphatic carbocycles. The second kappa shape index (κ2) is 14.5. The number of methoxy groups -OCH3 is 2. The number of tetrazole rings is 1. The first-order valence-electron chi connectivity index (χ1n) is 13.7. The van der Waals surface area contributed by atoms with Crippen LogP contribution in [0.15, 0.2) is 41.0 Å². The highest BCUT2D eigenvalue weighted by Crippen LogP contribution is 2.31. The smallest absolute Gasteiger partial charge is 0.250 e. The van der Waals surface area contributed by atoms with Crippen LogP contribution in [0.25, 0.3) is 11.4 Å². The number of carbonyl (C=O) groups is 2. The zero-order chi connectivity index (χ0) is 28.3. The normalized spacial score (nSPS) is 14.5. The molecule has 3 aromatic rings. The van der Waals surface area contributed by atoms with Gasteiger partial charge >= 0.3 is 0 Å². The second-order valence-corrected chi connectivity index (χ2v) is 9.61. The maximum Gasteiger partial charge on any atom is 0.250 e. The van der Waals surface area contributed by atoms with Crippen molar-refractivity contribution in [2.45, 2.75) is 64.1 Å². The van der Waals surface area contributed by atoms with E-state index in [1.165, 1.54) is 22.4 Å². The molecule has 0 aliphatic heterocycles. The number of nitrogens with one attached hydrogen (secondary N) is 1. The van der Waals surface area contributed by atoms with Gasteiger partial charge in [-0.3, -0.25) is 9.59 Å². The van der Waals surface area contributed by atoms with Crippen molar-refractivity contribution in [3.05, 3.63) is 42.4 Å². The summed E-state index contributed by atoms with van der Waals surface area (Å²) in [6, 6.07) is 7.86. The van der Waals surface area contributed by atoms with Crippen LogP contribution in [0.3, 0.4) is 0 Å². The summed E-state index contributed by atoms with van der Waals surface area (Å²) in [5.41, 5.74) is 0.658. The SMILES string of the molecule is CCOCCCN(C(=O)Cn1nnc(-c2ccc(OC)c(OC)c2)n1)[C@H](C(=O)NC1CCCCC1)c1ccco1. The van der Waals surface area contributed by atoms with E-state index in [4.69, 9.17) is 18.6 Å². The Kier molecular flexibility index (Phi) is 10.5. The van der Waals surface area contributed by atoms with Gasteiger partial charge in [0, 0.05) is 31.4 Å². The lowest BCUT2D eigenvalue weighted by atomic mass is 9.95. The van der Waals surface area contributed by atoms with Gasteiger partial charge in [0.05, 0.1) is 20.5 Å². The molecule has 0 saturated heterocycles. The number of rotatable bonds is 14. The lowest BCUT2D eigenvalue weighted by molar-refractivity contribution is -0.143. The van der Waals surface area contributed by atoms with Gasteiger partial charge in [0.2, 0.25) is 11.7 Å². The molecule has 0 spiro atoms. The predicted octanol–water partition coefficient (Wildman–Crippen LogP) is 3.40. The molecular formula is C28H38N6O6. The molecule has 0 radical (unpaired) electrons. The fraction of sp³-hybridized carbons (Fsp3) is 0.536. The van der Waals surface area contributed by atoms with Crippen LogP contribution in [-0.2, 0) is 20.9 Å². The molecule has 1 fully saturated rings. The lowest BCUT2D eigenvalue weighted by Crippen LogP contribution is -2.48. The third kappa shape index (κ3) is 7.38. The molecule has 0 unspecified atom stereocenters. The number of hydrogen-bond donors (Lipinski definition) is 1. The number of ether oxygens (including phenoxy) is 3. The molecule has 4 rings (SSSR count). The topological polar surface area (TPSA) is 134 Å². The van der Waals surface area contributed by atoms with E-state index < -0.39 is 6.04 Å². The van der Waals surface area contributed by atoms with Gasteiger partial charge in [0.25, 0.3) is 5.91 Å². The summed E-state index contributed by atoms with van der Waals surface area (Å²) in [7, 11) is 3.10. The summed E-state index contributed by atoms with van der Waals surface area (Å²) in [5.74, 6) is 1.23. The molecular weight excluding hydrogens is 516 g/mol. The number of aromatic nitrogens is 4. The van der Waals surface area contributed by atoms with Gasteiger partial charge in [-0.15, -0.1) is 10.2 Å². The Hall–Kier alpha value is -3.93. The minimum Gasteiger partial charge on any atom is -0.493 e. The molecule has 2 heterocycles. The van der Waals surface area contributed by atoms with Crippen molar-refractivity contribution >= 4 is 11.8 Å². The number of hydrogen-bond acceptors (Lipinski definition) is 9. The average Bonchev–Trinajstić information content (AvgIpc) is 3.67. The van der Waals surface area contributed by atoms with E-state index in [1.807, 2.05) is 6.92 Å². The Morgan fingerprint density at radius 2 is 1.95 bits per heavy atom. The summed E-state index contributed by atoms with van der Waals surface area (Å²) in [4.78, 5) is 30.1. The third-order valence-electron chi connectivity index (χ3n) is 6.91. The number of carbonyl (C=O) groups excluding carboxylic acids is 2. The van der Waals surface area contributed by atoms with Gasteiger partial charge in [-0.25, -0.2) is 0 Å². The van der Waals surface area contributed by atoms with Crippen LogP contribution >= 0.6 is 0 Å². The standard InChI is InChI=1S/C28H38N6O6/c1-4-39-16-9-15-33(26(23-12-8-17-40-23)28(36)29-21-10-6-5-7-11-21)25(35)19-34-31-27(30-32-34)20-13-14-22(37-2)24(18-20)38-3/h8,12-14,17-18,21,26H,4-7,9-11,15-16,19H2,1-3H3,(H,29,36)/t26-/m0/s1. The van der Waals surface area contributed by atoms with Crippen LogP contribution in [-0.4, -0.2) is 76.9 Å². The molecule has 1 aliphatic rings.